The number of rotatable bonds is 10. The second-order valence-corrected chi connectivity index (χ2v) is 6.29. The van der Waals surface area contributed by atoms with Gasteiger partial charge in [0, 0.05) is 43.5 Å². The number of nitro groups is 1. The predicted molar refractivity (Wildman–Crippen MR) is 94.1 cm³/mol. The van der Waals surface area contributed by atoms with Crippen LogP contribution in [0.25, 0.3) is 0 Å². The molecular formula is C14H18Cl3N3O4. The third-order valence-electron chi connectivity index (χ3n) is 3.42. The molecule has 0 saturated heterocycles. The Balaban J connectivity index is 3.23. The summed E-state index contributed by atoms with van der Waals surface area (Å²) in [5.74, 6) is -0.432. The zero-order valence-corrected chi connectivity index (χ0v) is 15.0. The summed E-state index contributed by atoms with van der Waals surface area (Å²) in [4.78, 5) is 23.4. The minimum absolute atomic E-state index is 0.0678. The number of halogens is 3. The standard InChI is InChI=1S/C14H18Cl3N3O4/c15-1-3-19(4-2-16)8-11-9(6-13(18)14(21)22)5-10(20(23)24)7-12(11)17/h5,7,13H,1-4,6,8,18H2,(H,21,22). The minimum Gasteiger partial charge on any atom is -0.480 e. The maximum Gasteiger partial charge on any atom is 0.320 e. The summed E-state index contributed by atoms with van der Waals surface area (Å²) in [6, 6.07) is 1.37. The Labute approximate surface area is 154 Å². The van der Waals surface area contributed by atoms with Gasteiger partial charge in [0.2, 0.25) is 0 Å². The molecule has 1 aromatic rings. The highest BCUT2D eigenvalue weighted by Gasteiger charge is 2.21. The average Bonchev–Trinajstić information content (AvgIpc) is 2.50. The first-order valence-electron chi connectivity index (χ1n) is 7.08. The molecule has 0 bridgehead atoms. The van der Waals surface area contributed by atoms with Crippen LogP contribution < -0.4 is 5.73 Å². The lowest BCUT2D eigenvalue weighted by Crippen LogP contribution is -2.33. The molecule has 0 radical (unpaired) electrons. The largest absolute Gasteiger partial charge is 0.480 e. The van der Waals surface area contributed by atoms with Crippen LogP contribution >= 0.6 is 34.8 Å². The van der Waals surface area contributed by atoms with Gasteiger partial charge in [-0.3, -0.25) is 19.8 Å². The van der Waals surface area contributed by atoms with Gasteiger partial charge in [-0.25, -0.2) is 0 Å². The third kappa shape index (κ3) is 6.07. The van der Waals surface area contributed by atoms with E-state index in [-0.39, 0.29) is 17.1 Å². The number of carboxylic acid groups (broad SMARTS) is 1. The van der Waals surface area contributed by atoms with Crippen molar-refractivity contribution in [2.24, 2.45) is 5.73 Å². The Bertz CT molecular complexity index is 595. The summed E-state index contributed by atoms with van der Waals surface area (Å²) in [7, 11) is 0. The molecule has 1 aromatic carbocycles. The maximum absolute atomic E-state index is 11.0. The molecular weight excluding hydrogens is 381 g/mol. The quantitative estimate of drug-likeness (QED) is 0.356. The molecule has 0 fully saturated rings. The molecule has 0 spiro atoms. The fourth-order valence-corrected chi connectivity index (χ4v) is 2.97. The molecule has 0 aliphatic heterocycles. The van der Waals surface area contributed by atoms with Crippen LogP contribution in [0.1, 0.15) is 11.1 Å². The van der Waals surface area contributed by atoms with Gasteiger partial charge >= 0.3 is 5.97 Å². The van der Waals surface area contributed by atoms with Gasteiger partial charge in [-0.2, -0.15) is 0 Å². The van der Waals surface area contributed by atoms with Gasteiger partial charge in [0.25, 0.3) is 5.69 Å². The van der Waals surface area contributed by atoms with E-state index in [1.165, 1.54) is 12.1 Å². The first kappa shape index (κ1) is 20.9. The van der Waals surface area contributed by atoms with Crippen LogP contribution in [0.3, 0.4) is 0 Å². The van der Waals surface area contributed by atoms with Gasteiger partial charge in [-0.05, 0) is 17.5 Å². The molecule has 0 aromatic heterocycles. The maximum atomic E-state index is 11.0. The van der Waals surface area contributed by atoms with E-state index in [0.29, 0.717) is 42.5 Å². The van der Waals surface area contributed by atoms with E-state index in [1.54, 1.807) is 0 Å². The van der Waals surface area contributed by atoms with Crippen LogP contribution in [0.5, 0.6) is 0 Å². The zero-order chi connectivity index (χ0) is 18.3. The number of hydrogen-bond acceptors (Lipinski definition) is 5. The average molecular weight is 399 g/mol. The minimum atomic E-state index is -1.19. The highest BCUT2D eigenvalue weighted by molar-refractivity contribution is 6.31. The van der Waals surface area contributed by atoms with E-state index in [1.807, 2.05) is 4.90 Å². The fourth-order valence-electron chi connectivity index (χ4n) is 2.20. The first-order valence-corrected chi connectivity index (χ1v) is 8.53. The molecule has 3 N–H and O–H groups in total. The van der Waals surface area contributed by atoms with Crippen molar-refractivity contribution in [1.82, 2.24) is 4.90 Å². The molecule has 0 aliphatic rings. The Morgan fingerprint density at radius 2 is 1.92 bits per heavy atom. The zero-order valence-electron chi connectivity index (χ0n) is 12.8. The summed E-state index contributed by atoms with van der Waals surface area (Å²) >= 11 is 17.7. The predicted octanol–water partition coefficient (Wildman–Crippen LogP) is 2.48. The summed E-state index contributed by atoms with van der Waals surface area (Å²) in [5.41, 5.74) is 6.38. The van der Waals surface area contributed by atoms with E-state index < -0.39 is 16.9 Å². The molecule has 0 saturated carbocycles. The summed E-state index contributed by atoms with van der Waals surface area (Å²) in [6.45, 7) is 1.44. The van der Waals surface area contributed by atoms with Crippen LogP contribution in [0.2, 0.25) is 5.02 Å². The lowest BCUT2D eigenvalue weighted by molar-refractivity contribution is -0.384. The Kier molecular flexibility index (Phi) is 8.72. The molecule has 0 aliphatic carbocycles. The second-order valence-electron chi connectivity index (χ2n) is 5.13. The summed E-state index contributed by atoms with van der Waals surface area (Å²) in [6.07, 6.45) is -0.0678. The molecule has 0 amide bonds. The molecule has 10 heteroatoms. The summed E-state index contributed by atoms with van der Waals surface area (Å²) in [5, 5.41) is 20.2. The van der Waals surface area contributed by atoms with Gasteiger partial charge in [0.15, 0.2) is 0 Å². The van der Waals surface area contributed by atoms with Crippen LogP contribution in [0.4, 0.5) is 5.69 Å². The van der Waals surface area contributed by atoms with E-state index >= 15 is 0 Å². The molecule has 134 valence electrons. The Morgan fingerprint density at radius 1 is 1.33 bits per heavy atom. The number of aliphatic carboxylic acids is 1. The van der Waals surface area contributed by atoms with Crippen LogP contribution in [-0.4, -0.2) is 51.8 Å². The number of nitro benzene ring substituents is 1. The number of benzene rings is 1. The molecule has 1 unspecified atom stereocenters. The summed E-state index contributed by atoms with van der Waals surface area (Å²) < 4.78 is 0. The lowest BCUT2D eigenvalue weighted by Gasteiger charge is -2.23. The van der Waals surface area contributed by atoms with Crippen LogP contribution in [0.15, 0.2) is 12.1 Å². The topological polar surface area (TPSA) is 110 Å². The van der Waals surface area contributed by atoms with E-state index in [0.717, 1.165) is 0 Å². The Hall–Kier alpha value is -1.12. The molecule has 1 atom stereocenters. The normalized spacial score (nSPS) is 12.4. The monoisotopic (exact) mass is 397 g/mol. The SMILES string of the molecule is NC(Cc1cc([N+](=O)[O-])cc(Cl)c1CN(CCCl)CCCl)C(=O)O. The van der Waals surface area contributed by atoms with Crippen molar-refractivity contribution in [3.63, 3.8) is 0 Å². The molecule has 0 heterocycles. The van der Waals surface area contributed by atoms with E-state index in [4.69, 9.17) is 45.6 Å². The molecule has 1 rings (SSSR count). The van der Waals surface area contributed by atoms with Gasteiger partial charge in [-0.15, -0.1) is 23.2 Å². The number of nitrogens with zero attached hydrogens (tertiary/aromatic N) is 2. The van der Waals surface area contributed by atoms with Crippen molar-refractivity contribution in [2.45, 2.75) is 19.0 Å². The number of nitrogens with two attached hydrogens (primary N) is 1. The van der Waals surface area contributed by atoms with Gasteiger partial charge < -0.3 is 10.8 Å². The molecule has 24 heavy (non-hydrogen) atoms. The van der Waals surface area contributed by atoms with Gasteiger partial charge in [-0.1, -0.05) is 11.6 Å². The van der Waals surface area contributed by atoms with E-state index in [2.05, 4.69) is 0 Å². The van der Waals surface area contributed by atoms with Gasteiger partial charge in [0.05, 0.1) is 9.95 Å². The van der Waals surface area contributed by atoms with Crippen molar-refractivity contribution in [1.29, 1.82) is 0 Å². The van der Waals surface area contributed by atoms with E-state index in [9.17, 15) is 14.9 Å². The van der Waals surface area contributed by atoms with Crippen molar-refractivity contribution in [3.8, 4) is 0 Å². The number of carbonyl (C=O) groups is 1. The van der Waals surface area contributed by atoms with Crippen LogP contribution in [0, 0.1) is 10.1 Å². The highest BCUT2D eigenvalue weighted by Crippen LogP contribution is 2.29. The van der Waals surface area contributed by atoms with Crippen LogP contribution in [-0.2, 0) is 17.8 Å². The fraction of sp³-hybridized carbons (Fsp3) is 0.500. The molecule has 7 nitrogen and oxygen atoms in total. The Morgan fingerprint density at radius 3 is 2.38 bits per heavy atom. The number of carboxylic acids is 1. The smallest absolute Gasteiger partial charge is 0.320 e. The van der Waals surface area contributed by atoms with Crippen molar-refractivity contribution >= 4 is 46.5 Å². The lowest BCUT2D eigenvalue weighted by atomic mass is 9.99. The van der Waals surface area contributed by atoms with Crippen molar-refractivity contribution in [3.05, 3.63) is 38.4 Å². The second kappa shape index (κ2) is 10.0. The number of alkyl halides is 2. The number of hydrogen-bond donors (Lipinski definition) is 2. The first-order chi connectivity index (χ1) is 11.3. The number of non-ortho nitro benzene ring substituents is 1. The highest BCUT2D eigenvalue weighted by atomic mass is 35.5. The van der Waals surface area contributed by atoms with Crippen molar-refractivity contribution in [2.75, 3.05) is 24.8 Å². The van der Waals surface area contributed by atoms with Gasteiger partial charge in [0.1, 0.15) is 6.04 Å². The van der Waals surface area contributed by atoms with Crippen molar-refractivity contribution < 1.29 is 14.8 Å². The third-order valence-corrected chi connectivity index (χ3v) is 4.10.